The van der Waals surface area contributed by atoms with Crippen LogP contribution < -0.4 is 11.1 Å². The van der Waals surface area contributed by atoms with Crippen molar-refractivity contribution >= 4 is 11.6 Å². The smallest absolute Gasteiger partial charge is 0.0450 e. The van der Waals surface area contributed by atoms with Gasteiger partial charge < -0.3 is 11.1 Å². The lowest BCUT2D eigenvalue weighted by atomic mass is 10.1. The van der Waals surface area contributed by atoms with E-state index in [9.17, 15) is 0 Å². The van der Waals surface area contributed by atoms with Crippen molar-refractivity contribution in [2.24, 2.45) is 5.73 Å². The van der Waals surface area contributed by atoms with Crippen LogP contribution >= 0.6 is 11.6 Å². The van der Waals surface area contributed by atoms with Crippen LogP contribution in [-0.4, -0.2) is 13.1 Å². The summed E-state index contributed by atoms with van der Waals surface area (Å²) >= 11 is 5.96. The summed E-state index contributed by atoms with van der Waals surface area (Å²) in [7, 11) is 0. The summed E-state index contributed by atoms with van der Waals surface area (Å²) in [5, 5.41) is 4.16. The Labute approximate surface area is 161 Å². The molecule has 2 nitrogen and oxygen atoms in total. The molecule has 3 heteroatoms. The molecule has 0 unspecified atom stereocenters. The fraction of sp³-hybridized carbons (Fsp3) is 0.636. The molecule has 0 aliphatic heterocycles. The van der Waals surface area contributed by atoms with E-state index >= 15 is 0 Å². The van der Waals surface area contributed by atoms with Crippen molar-refractivity contribution in [3.8, 4) is 12.3 Å². The molecule has 1 aromatic rings. The molecular weight excluding hydrogens is 328 g/mol. The Morgan fingerprint density at radius 2 is 1.64 bits per heavy atom. The van der Waals surface area contributed by atoms with Crippen molar-refractivity contribution in [3.05, 3.63) is 34.9 Å². The Hall–Kier alpha value is -1.01. The first-order valence-electron chi connectivity index (χ1n) is 9.75. The second-order valence-electron chi connectivity index (χ2n) is 5.93. The van der Waals surface area contributed by atoms with Gasteiger partial charge in [0.2, 0.25) is 0 Å². The van der Waals surface area contributed by atoms with Crippen molar-refractivity contribution in [1.29, 1.82) is 0 Å². The average Bonchev–Trinajstić information content (AvgIpc) is 2.64. The number of unbranched alkanes of at least 4 members (excludes halogenated alkanes) is 5. The van der Waals surface area contributed by atoms with Gasteiger partial charge in [-0.15, -0.1) is 12.3 Å². The van der Waals surface area contributed by atoms with Gasteiger partial charge in [-0.2, -0.15) is 0 Å². The third kappa shape index (κ3) is 20.9. The van der Waals surface area contributed by atoms with Crippen LogP contribution in [0.4, 0.5) is 0 Å². The van der Waals surface area contributed by atoms with Gasteiger partial charge in [-0.05, 0) is 44.0 Å². The van der Waals surface area contributed by atoms with E-state index in [1.165, 1.54) is 37.7 Å². The fourth-order valence-electron chi connectivity index (χ4n) is 1.87. The number of hydrogen-bond acceptors (Lipinski definition) is 2. The maximum atomic E-state index is 5.96. The Morgan fingerprint density at radius 3 is 2.16 bits per heavy atom. The van der Waals surface area contributed by atoms with Gasteiger partial charge in [-0.3, -0.25) is 0 Å². The Morgan fingerprint density at radius 1 is 1.00 bits per heavy atom. The number of nitrogens with two attached hydrogens (primary N) is 1. The first-order valence-corrected chi connectivity index (χ1v) is 10.1. The van der Waals surface area contributed by atoms with Crippen LogP contribution in [0.2, 0.25) is 5.02 Å². The standard InChI is InChI=1S/C10H14ClN.C9H16.C3H9N/c1-2-7-12-8-9-5-3-4-6-10(9)11;1-3-5-7-9-8-6-4-2;1-2-3-4/h3-6,12H,2,7-8H2,1H3;1H,4-9H2,2H3;2-4H2,1H3. The highest BCUT2D eigenvalue weighted by molar-refractivity contribution is 6.31. The molecular formula is C22H39ClN2. The molecule has 0 aliphatic rings. The van der Waals surface area contributed by atoms with Crippen LogP contribution in [0.3, 0.4) is 0 Å². The van der Waals surface area contributed by atoms with Gasteiger partial charge in [0.05, 0.1) is 0 Å². The third-order valence-corrected chi connectivity index (χ3v) is 3.78. The van der Waals surface area contributed by atoms with Crippen molar-refractivity contribution in [2.75, 3.05) is 13.1 Å². The second-order valence-corrected chi connectivity index (χ2v) is 6.33. The largest absolute Gasteiger partial charge is 0.330 e. The molecule has 1 aromatic carbocycles. The molecule has 3 N–H and O–H groups in total. The molecule has 0 bridgehead atoms. The number of hydrogen-bond donors (Lipinski definition) is 2. The predicted molar refractivity (Wildman–Crippen MR) is 115 cm³/mol. The van der Waals surface area contributed by atoms with Crippen LogP contribution in [0.15, 0.2) is 24.3 Å². The molecule has 25 heavy (non-hydrogen) atoms. The highest BCUT2D eigenvalue weighted by Crippen LogP contribution is 2.13. The van der Waals surface area contributed by atoms with E-state index < -0.39 is 0 Å². The van der Waals surface area contributed by atoms with Gasteiger partial charge in [-0.1, -0.05) is 76.3 Å². The number of terminal acetylenes is 1. The topological polar surface area (TPSA) is 38.0 Å². The van der Waals surface area contributed by atoms with Crippen molar-refractivity contribution in [1.82, 2.24) is 5.32 Å². The van der Waals surface area contributed by atoms with E-state index in [1.807, 2.05) is 24.3 Å². The van der Waals surface area contributed by atoms with Crippen LogP contribution in [0.1, 0.15) is 77.7 Å². The summed E-state index contributed by atoms with van der Waals surface area (Å²) in [4.78, 5) is 0. The lowest BCUT2D eigenvalue weighted by Crippen LogP contribution is -2.13. The molecule has 144 valence electrons. The molecule has 0 heterocycles. The van der Waals surface area contributed by atoms with Crippen LogP contribution in [0.25, 0.3) is 0 Å². The van der Waals surface area contributed by atoms with Crippen molar-refractivity contribution < 1.29 is 0 Å². The molecule has 0 spiro atoms. The van der Waals surface area contributed by atoms with Gasteiger partial charge in [0.15, 0.2) is 0 Å². The highest BCUT2D eigenvalue weighted by Gasteiger charge is 1.96. The number of halogens is 1. The van der Waals surface area contributed by atoms with Crippen LogP contribution in [-0.2, 0) is 6.54 Å². The van der Waals surface area contributed by atoms with Crippen LogP contribution in [0, 0.1) is 12.3 Å². The number of nitrogens with one attached hydrogen (secondary N) is 1. The fourth-order valence-corrected chi connectivity index (χ4v) is 2.07. The lowest BCUT2D eigenvalue weighted by Gasteiger charge is -2.04. The predicted octanol–water partition coefficient (Wildman–Crippen LogP) is 6.17. The summed E-state index contributed by atoms with van der Waals surface area (Å²) in [6.45, 7) is 9.17. The third-order valence-electron chi connectivity index (χ3n) is 3.41. The highest BCUT2D eigenvalue weighted by atomic mass is 35.5. The van der Waals surface area contributed by atoms with Gasteiger partial charge in [-0.25, -0.2) is 0 Å². The SMILES string of the molecule is C#CCCCCCCC.CCCN.CCCNCc1ccccc1Cl. The van der Waals surface area contributed by atoms with E-state index in [0.717, 1.165) is 43.9 Å². The molecule has 0 aliphatic carbocycles. The minimum Gasteiger partial charge on any atom is -0.330 e. The molecule has 0 atom stereocenters. The monoisotopic (exact) mass is 366 g/mol. The molecule has 1 rings (SSSR count). The first kappa shape index (κ1) is 26.2. The molecule has 0 saturated heterocycles. The quantitative estimate of drug-likeness (QED) is 0.383. The summed E-state index contributed by atoms with van der Waals surface area (Å²) in [5.74, 6) is 2.64. The minimum absolute atomic E-state index is 0.819. The second kappa shape index (κ2) is 23.0. The van der Waals surface area contributed by atoms with Gasteiger partial charge in [0.1, 0.15) is 0 Å². The normalized spacial score (nSPS) is 9.28. The van der Waals surface area contributed by atoms with Gasteiger partial charge in [0.25, 0.3) is 0 Å². The zero-order valence-electron chi connectivity index (χ0n) is 16.6. The Kier molecular flexibility index (Phi) is 24.1. The summed E-state index contributed by atoms with van der Waals surface area (Å²) < 4.78 is 0. The molecule has 0 amide bonds. The van der Waals surface area contributed by atoms with Crippen molar-refractivity contribution in [2.45, 2.75) is 78.7 Å². The zero-order chi connectivity index (χ0) is 19.2. The first-order chi connectivity index (χ1) is 12.2. The van der Waals surface area contributed by atoms with E-state index in [0.29, 0.717) is 0 Å². The molecule has 0 saturated carbocycles. The zero-order valence-corrected chi connectivity index (χ0v) is 17.4. The maximum Gasteiger partial charge on any atom is 0.0450 e. The summed E-state index contributed by atoms with van der Waals surface area (Å²) in [6.07, 6.45) is 14.9. The Balaban J connectivity index is 0. The van der Waals surface area contributed by atoms with Gasteiger partial charge >= 0.3 is 0 Å². The molecule has 0 fully saturated rings. The molecule has 0 aromatic heterocycles. The number of benzene rings is 1. The summed E-state index contributed by atoms with van der Waals surface area (Å²) in [5.41, 5.74) is 6.20. The van der Waals surface area contributed by atoms with E-state index in [1.54, 1.807) is 0 Å². The van der Waals surface area contributed by atoms with Gasteiger partial charge in [0, 0.05) is 18.0 Å². The maximum absolute atomic E-state index is 5.96. The van der Waals surface area contributed by atoms with E-state index in [-0.39, 0.29) is 0 Å². The summed E-state index contributed by atoms with van der Waals surface area (Å²) in [6, 6.07) is 7.93. The molecule has 0 radical (unpaired) electrons. The Bertz CT molecular complexity index is 411. The van der Waals surface area contributed by atoms with E-state index in [4.69, 9.17) is 23.8 Å². The van der Waals surface area contributed by atoms with Crippen LogP contribution in [0.5, 0.6) is 0 Å². The average molecular weight is 367 g/mol. The van der Waals surface area contributed by atoms with Crippen molar-refractivity contribution in [3.63, 3.8) is 0 Å². The van der Waals surface area contributed by atoms with E-state index in [2.05, 4.69) is 32.0 Å². The minimum atomic E-state index is 0.819. The number of rotatable bonds is 10. The lowest BCUT2D eigenvalue weighted by molar-refractivity contribution is 0.641.